The van der Waals surface area contributed by atoms with Crippen LogP contribution in [-0.2, 0) is 26.1 Å². The lowest BCUT2D eigenvalue weighted by atomic mass is 10.1. The second kappa shape index (κ2) is 8.73. The minimum Gasteiger partial charge on any atom is -0.497 e. The SMILES string of the molecule is COc1ccc(CCN[C@@H]2CS(=O)(=O)C[C@H]2S(=O)(=O)c2ccc(OC)cc2)cc1. The lowest BCUT2D eigenvalue weighted by molar-refractivity contribution is 0.414. The zero-order chi connectivity index (χ0) is 21.1. The van der Waals surface area contributed by atoms with Gasteiger partial charge in [-0.15, -0.1) is 0 Å². The Bertz CT molecular complexity index is 1030. The third kappa shape index (κ3) is 5.09. The molecular weight excluding hydrogens is 414 g/mol. The van der Waals surface area contributed by atoms with Crippen molar-refractivity contribution in [1.82, 2.24) is 5.32 Å². The Kier molecular flexibility index (Phi) is 6.50. The molecule has 0 unspecified atom stereocenters. The van der Waals surface area contributed by atoms with E-state index < -0.39 is 31.0 Å². The molecule has 2 aromatic carbocycles. The fourth-order valence-corrected chi connectivity index (χ4v) is 8.16. The van der Waals surface area contributed by atoms with Gasteiger partial charge in [0, 0.05) is 6.04 Å². The highest BCUT2D eigenvalue weighted by molar-refractivity contribution is 7.96. The van der Waals surface area contributed by atoms with E-state index in [-0.39, 0.29) is 16.4 Å². The molecule has 1 aliphatic rings. The fourth-order valence-electron chi connectivity index (χ4n) is 3.45. The molecule has 0 bridgehead atoms. The molecular formula is C20H25NO6S2. The van der Waals surface area contributed by atoms with E-state index in [2.05, 4.69) is 5.32 Å². The van der Waals surface area contributed by atoms with E-state index >= 15 is 0 Å². The lowest BCUT2D eigenvalue weighted by Crippen LogP contribution is -2.44. The number of benzene rings is 2. The van der Waals surface area contributed by atoms with Crippen molar-refractivity contribution < 1.29 is 26.3 Å². The first-order valence-corrected chi connectivity index (χ1v) is 12.6. The first-order chi connectivity index (χ1) is 13.7. The summed E-state index contributed by atoms with van der Waals surface area (Å²) in [5.41, 5.74) is 1.05. The van der Waals surface area contributed by atoms with E-state index in [0.717, 1.165) is 11.3 Å². The summed E-state index contributed by atoms with van der Waals surface area (Å²) >= 11 is 0. The van der Waals surface area contributed by atoms with Gasteiger partial charge in [-0.05, 0) is 54.9 Å². The number of sulfone groups is 2. The number of rotatable bonds is 8. The van der Waals surface area contributed by atoms with E-state index in [1.807, 2.05) is 24.3 Å². The van der Waals surface area contributed by atoms with Gasteiger partial charge < -0.3 is 14.8 Å². The molecule has 2 atom stereocenters. The summed E-state index contributed by atoms with van der Waals surface area (Å²) in [6.45, 7) is 0.473. The topological polar surface area (TPSA) is 98.8 Å². The lowest BCUT2D eigenvalue weighted by Gasteiger charge is -2.20. The number of nitrogens with one attached hydrogen (secondary N) is 1. The van der Waals surface area contributed by atoms with Gasteiger partial charge in [0.15, 0.2) is 19.7 Å². The van der Waals surface area contributed by atoms with Crippen molar-refractivity contribution in [1.29, 1.82) is 0 Å². The van der Waals surface area contributed by atoms with Gasteiger partial charge in [0.1, 0.15) is 11.5 Å². The van der Waals surface area contributed by atoms with Crippen molar-refractivity contribution in [3.8, 4) is 11.5 Å². The first kappa shape index (κ1) is 21.6. The molecule has 1 fully saturated rings. The molecule has 0 spiro atoms. The molecule has 0 amide bonds. The summed E-state index contributed by atoms with van der Waals surface area (Å²) in [5.74, 6) is 0.739. The monoisotopic (exact) mass is 439 g/mol. The van der Waals surface area contributed by atoms with Gasteiger partial charge in [0.25, 0.3) is 0 Å². The van der Waals surface area contributed by atoms with Crippen molar-refractivity contribution in [2.45, 2.75) is 22.6 Å². The van der Waals surface area contributed by atoms with Crippen molar-refractivity contribution in [3.05, 3.63) is 54.1 Å². The summed E-state index contributed by atoms with van der Waals surface area (Å²) in [6, 6.07) is 12.9. The van der Waals surface area contributed by atoms with E-state index in [4.69, 9.17) is 9.47 Å². The van der Waals surface area contributed by atoms with E-state index in [1.54, 1.807) is 19.2 Å². The summed E-state index contributed by atoms with van der Waals surface area (Å²) in [4.78, 5) is 0.0994. The van der Waals surface area contributed by atoms with Crippen LogP contribution < -0.4 is 14.8 Å². The quantitative estimate of drug-likeness (QED) is 0.665. The van der Waals surface area contributed by atoms with Crippen LogP contribution in [0.4, 0.5) is 0 Å². The Labute approximate surface area is 171 Å². The van der Waals surface area contributed by atoms with Crippen molar-refractivity contribution in [2.24, 2.45) is 0 Å². The van der Waals surface area contributed by atoms with Crippen LogP contribution in [0.2, 0.25) is 0 Å². The standard InChI is InChI=1S/C20H25NO6S2/c1-26-16-5-3-15(4-6-16)11-12-21-19-13-28(22,23)14-20(19)29(24,25)18-9-7-17(27-2)8-10-18/h3-10,19-21H,11-14H2,1-2H3/t19-,20-/m1/s1. The Balaban J connectivity index is 1.72. The Morgan fingerprint density at radius 2 is 1.48 bits per heavy atom. The minimum absolute atomic E-state index is 0.0994. The largest absolute Gasteiger partial charge is 0.497 e. The molecule has 9 heteroatoms. The van der Waals surface area contributed by atoms with Crippen molar-refractivity contribution in [2.75, 3.05) is 32.3 Å². The van der Waals surface area contributed by atoms with Crippen LogP contribution in [0.3, 0.4) is 0 Å². The van der Waals surface area contributed by atoms with Gasteiger partial charge in [0.05, 0.1) is 35.9 Å². The molecule has 0 aliphatic carbocycles. The summed E-state index contributed by atoms with van der Waals surface area (Å²) < 4.78 is 60.7. The van der Waals surface area contributed by atoms with Crippen LogP contribution in [0, 0.1) is 0 Å². The summed E-state index contributed by atoms with van der Waals surface area (Å²) in [7, 11) is -4.14. The molecule has 7 nitrogen and oxygen atoms in total. The molecule has 2 aromatic rings. The normalized spacial score (nSPS) is 21.0. The van der Waals surface area contributed by atoms with Crippen LogP contribution in [0.5, 0.6) is 11.5 Å². The van der Waals surface area contributed by atoms with Crippen LogP contribution in [0.25, 0.3) is 0 Å². The summed E-state index contributed by atoms with van der Waals surface area (Å²) in [6.07, 6.45) is 0.649. The van der Waals surface area contributed by atoms with E-state index in [0.29, 0.717) is 18.7 Å². The molecule has 0 radical (unpaired) electrons. The molecule has 0 aromatic heterocycles. The molecule has 158 valence electrons. The van der Waals surface area contributed by atoms with Crippen LogP contribution in [0.1, 0.15) is 5.56 Å². The van der Waals surface area contributed by atoms with Gasteiger partial charge >= 0.3 is 0 Å². The van der Waals surface area contributed by atoms with Gasteiger partial charge in [-0.3, -0.25) is 0 Å². The Hall–Kier alpha value is -2.10. The van der Waals surface area contributed by atoms with E-state index in [9.17, 15) is 16.8 Å². The third-order valence-corrected chi connectivity index (χ3v) is 9.23. The number of hydrogen-bond acceptors (Lipinski definition) is 7. The third-order valence-electron chi connectivity index (χ3n) is 5.07. The second-order valence-corrected chi connectivity index (χ2v) is 11.3. The number of hydrogen-bond donors (Lipinski definition) is 1. The molecule has 29 heavy (non-hydrogen) atoms. The maximum absolute atomic E-state index is 13.1. The highest BCUT2D eigenvalue weighted by atomic mass is 32.2. The predicted molar refractivity (Wildman–Crippen MR) is 111 cm³/mol. The van der Waals surface area contributed by atoms with Gasteiger partial charge in [0.2, 0.25) is 0 Å². The fraction of sp³-hybridized carbons (Fsp3) is 0.400. The van der Waals surface area contributed by atoms with Gasteiger partial charge in [-0.2, -0.15) is 0 Å². The highest BCUT2D eigenvalue weighted by Crippen LogP contribution is 2.27. The maximum Gasteiger partial charge on any atom is 0.183 e. The average molecular weight is 440 g/mol. The molecule has 3 rings (SSSR count). The zero-order valence-corrected chi connectivity index (χ0v) is 18.0. The van der Waals surface area contributed by atoms with Crippen molar-refractivity contribution >= 4 is 19.7 Å². The molecule has 1 saturated heterocycles. The summed E-state index contributed by atoms with van der Waals surface area (Å²) in [5, 5.41) is 2.13. The Morgan fingerprint density at radius 3 is 2.03 bits per heavy atom. The van der Waals surface area contributed by atoms with Crippen LogP contribution in [0.15, 0.2) is 53.4 Å². The van der Waals surface area contributed by atoms with Gasteiger partial charge in [-0.1, -0.05) is 12.1 Å². The number of methoxy groups -OCH3 is 2. The first-order valence-electron chi connectivity index (χ1n) is 9.20. The molecule has 0 saturated carbocycles. The highest BCUT2D eigenvalue weighted by Gasteiger charge is 2.45. The minimum atomic E-state index is -3.80. The predicted octanol–water partition coefficient (Wildman–Crippen LogP) is 1.48. The van der Waals surface area contributed by atoms with Crippen LogP contribution >= 0.6 is 0 Å². The zero-order valence-electron chi connectivity index (χ0n) is 16.4. The molecule has 1 N–H and O–H groups in total. The Morgan fingerprint density at radius 1 is 0.931 bits per heavy atom. The van der Waals surface area contributed by atoms with E-state index in [1.165, 1.54) is 19.2 Å². The van der Waals surface area contributed by atoms with Crippen LogP contribution in [-0.4, -0.2) is 60.4 Å². The van der Waals surface area contributed by atoms with Gasteiger partial charge in [-0.25, -0.2) is 16.8 Å². The number of ether oxygens (including phenoxy) is 2. The molecule has 1 aliphatic heterocycles. The molecule has 1 heterocycles. The smallest absolute Gasteiger partial charge is 0.183 e. The van der Waals surface area contributed by atoms with Crippen molar-refractivity contribution in [3.63, 3.8) is 0 Å². The maximum atomic E-state index is 13.1. The average Bonchev–Trinajstić information content (AvgIpc) is 3.04. The second-order valence-electron chi connectivity index (χ2n) is 6.99.